The second-order valence-corrected chi connectivity index (χ2v) is 8.40. The molecule has 0 aliphatic carbocycles. The first-order valence-corrected chi connectivity index (χ1v) is 11.5. The molecule has 1 amide bonds. The lowest BCUT2D eigenvalue weighted by Crippen LogP contribution is -2.47. The molecule has 1 aliphatic rings. The lowest BCUT2D eigenvalue weighted by Gasteiger charge is -2.37. The maximum absolute atomic E-state index is 13.4. The van der Waals surface area contributed by atoms with Crippen LogP contribution in [0.25, 0.3) is 10.8 Å². The summed E-state index contributed by atoms with van der Waals surface area (Å²) in [4.78, 5) is 17.5. The fraction of sp³-hybridized carbons (Fsp3) is 0.222. The molecule has 35 heavy (non-hydrogen) atoms. The first kappa shape index (κ1) is 22.6. The van der Waals surface area contributed by atoms with Gasteiger partial charge in [0.15, 0.2) is 11.5 Å². The molecule has 1 aromatic heterocycles. The largest absolute Gasteiger partial charge is 0.497 e. The van der Waals surface area contributed by atoms with Crippen molar-refractivity contribution in [2.24, 2.45) is 0 Å². The summed E-state index contributed by atoms with van der Waals surface area (Å²) < 4.78 is 18.7. The van der Waals surface area contributed by atoms with Crippen molar-refractivity contribution < 1.29 is 13.9 Å². The highest BCUT2D eigenvalue weighted by Gasteiger charge is 2.23. The minimum absolute atomic E-state index is 0.210. The molecule has 0 radical (unpaired) electrons. The summed E-state index contributed by atoms with van der Waals surface area (Å²) in [6.45, 7) is 3.48. The number of anilines is 2. The van der Waals surface area contributed by atoms with Crippen LogP contribution < -0.4 is 19.9 Å². The van der Waals surface area contributed by atoms with E-state index in [0.717, 1.165) is 54.2 Å². The van der Waals surface area contributed by atoms with Gasteiger partial charge in [0, 0.05) is 49.2 Å². The maximum atomic E-state index is 13.4. The summed E-state index contributed by atoms with van der Waals surface area (Å²) in [5.41, 5.74) is 2.10. The fourth-order valence-corrected chi connectivity index (χ4v) is 4.37. The minimum atomic E-state index is -0.339. The number of carbonyl (C=O) groups excluding carboxylic acids is 1. The van der Waals surface area contributed by atoms with Crippen molar-refractivity contribution in [3.63, 3.8) is 0 Å². The molecular formula is C27H26FN5O2. The Labute approximate surface area is 203 Å². The van der Waals surface area contributed by atoms with Gasteiger partial charge in [0.1, 0.15) is 11.6 Å². The van der Waals surface area contributed by atoms with Crippen LogP contribution >= 0.6 is 0 Å². The number of nitrogens with one attached hydrogen (secondary N) is 1. The van der Waals surface area contributed by atoms with E-state index >= 15 is 0 Å². The third-order valence-electron chi connectivity index (χ3n) is 6.24. The van der Waals surface area contributed by atoms with E-state index < -0.39 is 0 Å². The van der Waals surface area contributed by atoms with Gasteiger partial charge in [0.05, 0.1) is 7.11 Å². The zero-order valence-corrected chi connectivity index (χ0v) is 19.4. The minimum Gasteiger partial charge on any atom is -0.497 e. The molecule has 4 aromatic rings. The number of halogens is 1. The van der Waals surface area contributed by atoms with Crippen LogP contribution in [0.3, 0.4) is 0 Å². The van der Waals surface area contributed by atoms with E-state index in [1.807, 2.05) is 36.4 Å². The van der Waals surface area contributed by atoms with E-state index in [-0.39, 0.29) is 24.0 Å². The molecule has 178 valence electrons. The molecule has 8 heteroatoms. The Balaban J connectivity index is 1.32. The monoisotopic (exact) mass is 471 g/mol. The number of carbonyl (C=O) groups is 1. The predicted octanol–water partition coefficient (Wildman–Crippen LogP) is 4.03. The third kappa shape index (κ3) is 4.87. The van der Waals surface area contributed by atoms with Crippen LogP contribution in [0.2, 0.25) is 0 Å². The number of hydrogen-bond acceptors (Lipinski definition) is 6. The molecule has 1 N–H and O–H groups in total. The number of methoxy groups -OCH3 is 1. The normalized spacial score (nSPS) is 13.7. The molecule has 0 spiro atoms. The molecule has 0 saturated carbocycles. The number of ether oxygens (including phenoxy) is 1. The fourth-order valence-electron chi connectivity index (χ4n) is 4.37. The zero-order chi connectivity index (χ0) is 24.2. The van der Waals surface area contributed by atoms with Crippen LogP contribution in [0.15, 0.2) is 72.8 Å². The first-order valence-electron chi connectivity index (χ1n) is 11.5. The Bertz CT molecular complexity index is 1340. The Hall–Kier alpha value is -4.20. The zero-order valence-electron chi connectivity index (χ0n) is 19.4. The molecule has 1 aliphatic heterocycles. The molecule has 0 bridgehead atoms. The first-order chi connectivity index (χ1) is 17.1. The Kier molecular flexibility index (Phi) is 6.43. The molecule has 5 rings (SSSR count). The molecule has 3 aromatic carbocycles. The summed E-state index contributed by atoms with van der Waals surface area (Å²) in [6, 6.07) is 21.9. The van der Waals surface area contributed by atoms with E-state index in [9.17, 15) is 9.18 Å². The van der Waals surface area contributed by atoms with Gasteiger partial charge in [-0.2, -0.15) is 0 Å². The molecule has 0 unspecified atom stereocenters. The quantitative estimate of drug-likeness (QED) is 0.458. The van der Waals surface area contributed by atoms with Gasteiger partial charge in [-0.25, -0.2) is 4.39 Å². The Morgan fingerprint density at radius 2 is 1.63 bits per heavy atom. The van der Waals surface area contributed by atoms with Crippen LogP contribution in [0, 0.1) is 5.82 Å². The smallest absolute Gasteiger partial charge is 0.272 e. The second kappa shape index (κ2) is 9.97. The number of nitrogens with zero attached hydrogens (tertiary/aromatic N) is 4. The summed E-state index contributed by atoms with van der Waals surface area (Å²) >= 11 is 0. The standard InChI is InChI=1S/C27H26FN5O2/c1-35-22-11-9-21(10-12-22)32-13-15-33(16-14-32)26-24-8-3-2-7-23(24)25(30-31-26)27(34)29-18-19-5-4-6-20(28)17-19/h2-12,17H,13-16,18H2,1H3,(H,29,34). The van der Waals surface area contributed by atoms with Crippen molar-refractivity contribution in [3.05, 3.63) is 89.9 Å². The molecule has 1 saturated heterocycles. The van der Waals surface area contributed by atoms with Crippen molar-refractivity contribution in [2.45, 2.75) is 6.54 Å². The summed E-state index contributed by atoms with van der Waals surface area (Å²) in [5.74, 6) is 0.943. The number of amides is 1. The molecule has 1 fully saturated rings. The average molecular weight is 472 g/mol. The van der Waals surface area contributed by atoms with Crippen molar-refractivity contribution >= 4 is 28.2 Å². The van der Waals surface area contributed by atoms with Crippen LogP contribution in [-0.2, 0) is 6.54 Å². The molecular weight excluding hydrogens is 445 g/mol. The summed E-state index contributed by atoms with van der Waals surface area (Å²) in [5, 5.41) is 13.2. The lowest BCUT2D eigenvalue weighted by atomic mass is 10.1. The van der Waals surface area contributed by atoms with Crippen molar-refractivity contribution in [1.29, 1.82) is 0 Å². The second-order valence-electron chi connectivity index (χ2n) is 8.40. The van der Waals surface area contributed by atoms with Crippen LogP contribution in [-0.4, -0.2) is 49.4 Å². The number of fused-ring (bicyclic) bond motifs is 1. The van der Waals surface area contributed by atoms with Crippen molar-refractivity contribution in [1.82, 2.24) is 15.5 Å². The number of benzene rings is 3. The van der Waals surface area contributed by atoms with Crippen LogP contribution in [0.4, 0.5) is 15.9 Å². The average Bonchev–Trinajstić information content (AvgIpc) is 2.91. The lowest BCUT2D eigenvalue weighted by molar-refractivity contribution is 0.0946. The van der Waals surface area contributed by atoms with E-state index in [2.05, 4.69) is 37.4 Å². The van der Waals surface area contributed by atoms with E-state index in [4.69, 9.17) is 4.74 Å². The summed E-state index contributed by atoms with van der Waals surface area (Å²) in [7, 11) is 1.67. The van der Waals surface area contributed by atoms with Crippen molar-refractivity contribution in [2.75, 3.05) is 43.1 Å². The molecule has 2 heterocycles. The maximum Gasteiger partial charge on any atom is 0.272 e. The van der Waals surface area contributed by atoms with Gasteiger partial charge in [0.25, 0.3) is 5.91 Å². The van der Waals surface area contributed by atoms with Gasteiger partial charge in [-0.05, 0) is 42.0 Å². The van der Waals surface area contributed by atoms with Gasteiger partial charge in [0.2, 0.25) is 0 Å². The molecule has 0 atom stereocenters. The van der Waals surface area contributed by atoms with Crippen LogP contribution in [0.1, 0.15) is 16.1 Å². The number of hydrogen-bond donors (Lipinski definition) is 1. The number of aromatic nitrogens is 2. The predicted molar refractivity (Wildman–Crippen MR) is 135 cm³/mol. The van der Waals surface area contributed by atoms with Crippen LogP contribution in [0.5, 0.6) is 5.75 Å². The van der Waals surface area contributed by atoms with Gasteiger partial charge >= 0.3 is 0 Å². The highest BCUT2D eigenvalue weighted by molar-refractivity contribution is 6.07. The Morgan fingerprint density at radius 1 is 0.914 bits per heavy atom. The van der Waals surface area contributed by atoms with E-state index in [1.165, 1.54) is 12.1 Å². The highest BCUT2D eigenvalue weighted by atomic mass is 19.1. The highest BCUT2D eigenvalue weighted by Crippen LogP contribution is 2.28. The topological polar surface area (TPSA) is 70.6 Å². The van der Waals surface area contributed by atoms with Gasteiger partial charge in [-0.15, -0.1) is 10.2 Å². The Morgan fingerprint density at radius 3 is 2.34 bits per heavy atom. The number of rotatable bonds is 6. The van der Waals surface area contributed by atoms with Gasteiger partial charge < -0.3 is 19.9 Å². The van der Waals surface area contributed by atoms with E-state index in [0.29, 0.717) is 5.56 Å². The summed E-state index contributed by atoms with van der Waals surface area (Å²) in [6.07, 6.45) is 0. The van der Waals surface area contributed by atoms with E-state index in [1.54, 1.807) is 19.2 Å². The third-order valence-corrected chi connectivity index (χ3v) is 6.24. The van der Waals surface area contributed by atoms with Gasteiger partial charge in [-0.1, -0.05) is 36.4 Å². The number of piperazine rings is 1. The van der Waals surface area contributed by atoms with Gasteiger partial charge in [-0.3, -0.25) is 4.79 Å². The SMILES string of the molecule is COc1ccc(N2CCN(c3nnc(C(=O)NCc4cccc(F)c4)c4ccccc34)CC2)cc1. The van der Waals surface area contributed by atoms with Crippen molar-refractivity contribution in [3.8, 4) is 5.75 Å². The molecule has 7 nitrogen and oxygen atoms in total.